The molecule has 23 heteroatoms. The molecule has 6 aromatic heterocycles. The Bertz CT molecular complexity index is 3070. The number of nitrogens with zero attached hydrogens (tertiary/aromatic N) is 14. The van der Waals surface area contributed by atoms with E-state index in [1.807, 2.05) is 78.1 Å². The quantitative estimate of drug-likeness (QED) is 0.135. The molecule has 2 saturated carbocycles. The van der Waals surface area contributed by atoms with Gasteiger partial charge in [0.05, 0.1) is 23.8 Å². The first-order valence-electron chi connectivity index (χ1n) is 27.3. The van der Waals surface area contributed by atoms with E-state index in [0.29, 0.717) is 74.3 Å². The van der Waals surface area contributed by atoms with Crippen LogP contribution in [-0.2, 0) is 9.47 Å². The van der Waals surface area contributed by atoms with E-state index in [0.717, 1.165) is 85.1 Å². The van der Waals surface area contributed by atoms with Gasteiger partial charge in [0.15, 0.2) is 0 Å². The van der Waals surface area contributed by atoms with Gasteiger partial charge in [0.25, 0.3) is 11.8 Å². The maximum absolute atomic E-state index is 12.9. The summed E-state index contributed by atoms with van der Waals surface area (Å²) in [6.45, 7) is 16.7. The number of nitrogens with one attached hydrogen (secondary N) is 1. The fourth-order valence-electron chi connectivity index (χ4n) is 10.2. The molecule has 4 amide bonds. The van der Waals surface area contributed by atoms with Gasteiger partial charge in [-0.1, -0.05) is 48.0 Å². The minimum Gasteiger partial charge on any atom is -0.444 e. The number of carbonyl (C=O) groups is 4. The van der Waals surface area contributed by atoms with Crippen molar-refractivity contribution in [2.75, 3.05) is 101 Å². The standard InChI is InChI=1S/C28H38N8O3.C14H17ClN4O.C14H22N4O2.3CH4/c1-28(2,3)39-27(38)35-14-12-34(13-15-35)21-10-11-23(29-18-21)31-26-30-17-19-16-22(25(37)33(4)5)36(24(19)32-26)20-8-6-7-9-20;1-18(2)13(20)11-7-9-8-16-14(15)17-12(9)19(11)10-5-3-4-6-10;1-14(2,3)20-13(19)18-8-6-17(7-9-18)11-4-5-12(15)16-10-11;;;/h10-11,16-18,20H,6-9,12-15H2,1-5H3,(H,29,30,31,32);7-8,10H,3-6H2,1-2H3;4-5,10H,6-9H2,1-3H3,(H2,15,16);3*1H4. The third-order valence-corrected chi connectivity index (χ3v) is 14.3. The number of nitrogens with two attached hydrogens (primary N) is 1. The second-order valence-electron chi connectivity index (χ2n) is 22.8. The number of carbonyl (C=O) groups excluding carboxylic acids is 4. The molecular formula is C59H89ClN16O6. The summed E-state index contributed by atoms with van der Waals surface area (Å²) in [6.07, 6.45) is 15.5. The summed E-state index contributed by atoms with van der Waals surface area (Å²) in [4.78, 5) is 87.0. The van der Waals surface area contributed by atoms with E-state index in [4.69, 9.17) is 31.8 Å². The van der Waals surface area contributed by atoms with Crippen molar-refractivity contribution in [3.63, 3.8) is 0 Å². The van der Waals surface area contributed by atoms with Crippen LogP contribution in [-0.4, -0.2) is 174 Å². The molecule has 82 heavy (non-hydrogen) atoms. The molecule has 2 aliphatic heterocycles. The average molecular weight is 1150 g/mol. The van der Waals surface area contributed by atoms with E-state index in [9.17, 15) is 19.2 Å². The van der Waals surface area contributed by atoms with Crippen LogP contribution in [0.3, 0.4) is 0 Å². The maximum Gasteiger partial charge on any atom is 0.410 e. The zero-order valence-corrected chi connectivity index (χ0v) is 48.2. The van der Waals surface area contributed by atoms with Gasteiger partial charge in [-0.3, -0.25) is 9.59 Å². The fraction of sp³-hybridized carbons (Fsp3) is 0.559. The molecule has 0 radical (unpaired) electrons. The Kier molecular flexibility index (Phi) is 22.3. The van der Waals surface area contributed by atoms with Crippen LogP contribution < -0.4 is 20.9 Å². The Morgan fingerprint density at radius 1 is 0.573 bits per heavy atom. The van der Waals surface area contributed by atoms with Gasteiger partial charge in [0.2, 0.25) is 11.2 Å². The molecule has 4 fully saturated rings. The third kappa shape index (κ3) is 16.4. The Morgan fingerprint density at radius 3 is 1.38 bits per heavy atom. The zero-order chi connectivity index (χ0) is 56.8. The molecule has 8 heterocycles. The van der Waals surface area contributed by atoms with E-state index in [1.54, 1.807) is 72.4 Å². The average Bonchev–Trinajstić information content (AvgIpc) is 4.37. The van der Waals surface area contributed by atoms with Crippen molar-refractivity contribution in [1.82, 2.24) is 58.6 Å². The van der Waals surface area contributed by atoms with Gasteiger partial charge in [0, 0.05) is 116 Å². The molecule has 0 aromatic carbocycles. The van der Waals surface area contributed by atoms with Gasteiger partial charge < -0.3 is 59.1 Å². The Morgan fingerprint density at radius 2 is 0.988 bits per heavy atom. The van der Waals surface area contributed by atoms with Gasteiger partial charge >= 0.3 is 12.2 Å². The molecule has 0 atom stereocenters. The Balaban J connectivity index is 0.000000243. The molecule has 0 bridgehead atoms. The summed E-state index contributed by atoms with van der Waals surface area (Å²) in [5.41, 5.74) is 9.51. The number of hydrogen-bond donors (Lipinski definition) is 2. The van der Waals surface area contributed by atoms with Crippen LogP contribution in [0.15, 0.2) is 61.2 Å². The number of halogens is 1. The summed E-state index contributed by atoms with van der Waals surface area (Å²) in [5.74, 6) is 1.55. The predicted octanol–water partition coefficient (Wildman–Crippen LogP) is 11.0. The number of aromatic nitrogens is 8. The number of amides is 4. The molecule has 6 aromatic rings. The predicted molar refractivity (Wildman–Crippen MR) is 328 cm³/mol. The van der Waals surface area contributed by atoms with Crippen molar-refractivity contribution < 1.29 is 28.7 Å². The van der Waals surface area contributed by atoms with Crippen molar-refractivity contribution in [2.24, 2.45) is 0 Å². The fourth-order valence-corrected chi connectivity index (χ4v) is 10.3. The second kappa shape index (κ2) is 28.0. The number of fused-ring (bicyclic) bond motifs is 2. The topological polar surface area (TPSA) is 231 Å². The van der Waals surface area contributed by atoms with E-state index in [-0.39, 0.29) is 57.6 Å². The lowest BCUT2D eigenvalue weighted by Crippen LogP contribution is -2.50. The first-order valence-corrected chi connectivity index (χ1v) is 27.6. The highest BCUT2D eigenvalue weighted by atomic mass is 35.5. The third-order valence-electron chi connectivity index (χ3n) is 14.1. The lowest BCUT2D eigenvalue weighted by molar-refractivity contribution is 0.0230. The minimum atomic E-state index is -0.499. The van der Waals surface area contributed by atoms with Crippen molar-refractivity contribution in [3.8, 4) is 0 Å². The van der Waals surface area contributed by atoms with E-state index in [1.165, 1.54) is 12.8 Å². The van der Waals surface area contributed by atoms with Crippen LogP contribution >= 0.6 is 11.6 Å². The van der Waals surface area contributed by atoms with Crippen LogP contribution in [0.1, 0.15) is 148 Å². The Labute approximate surface area is 489 Å². The molecule has 3 N–H and O–H groups in total. The molecule has 2 aliphatic carbocycles. The van der Waals surface area contributed by atoms with Crippen LogP contribution in [0.4, 0.5) is 38.5 Å². The molecular weight excluding hydrogens is 1060 g/mol. The SMILES string of the molecule is C.C.C.CC(C)(C)OC(=O)N1CCN(c2ccc(N)nc2)CC1.CN(C)C(=O)c1cc2cnc(Cl)nc2n1C1CCCC1.CN(C)C(=O)c1cc2cnc(Nc3ccc(N4CCN(C(=O)OC(C)(C)C)CC4)cn3)nc2n1C1CCCC1. The van der Waals surface area contributed by atoms with Gasteiger partial charge in [0.1, 0.15) is 45.5 Å². The van der Waals surface area contributed by atoms with Gasteiger partial charge in [-0.25, -0.2) is 29.5 Å². The number of anilines is 5. The molecule has 0 spiro atoms. The van der Waals surface area contributed by atoms with Crippen LogP contribution in [0.5, 0.6) is 0 Å². The molecule has 4 aliphatic rings. The number of nitrogen functional groups attached to an aromatic ring is 1. The first kappa shape index (κ1) is 65.3. The Hall–Kier alpha value is -7.49. The number of pyridine rings is 2. The lowest BCUT2D eigenvalue weighted by atomic mass is 10.2. The summed E-state index contributed by atoms with van der Waals surface area (Å²) in [6, 6.07) is 12.0. The van der Waals surface area contributed by atoms with Crippen LogP contribution in [0.2, 0.25) is 5.28 Å². The largest absolute Gasteiger partial charge is 0.444 e. The van der Waals surface area contributed by atoms with Gasteiger partial charge in [-0.15, -0.1) is 0 Å². The van der Waals surface area contributed by atoms with E-state index in [2.05, 4.69) is 49.2 Å². The smallest absolute Gasteiger partial charge is 0.410 e. The van der Waals surface area contributed by atoms with Crippen molar-refractivity contribution in [2.45, 2.75) is 138 Å². The van der Waals surface area contributed by atoms with Gasteiger partial charge in [-0.2, -0.15) is 9.97 Å². The highest BCUT2D eigenvalue weighted by Crippen LogP contribution is 2.36. The molecule has 22 nitrogen and oxygen atoms in total. The van der Waals surface area contributed by atoms with Crippen molar-refractivity contribution in [3.05, 3.63) is 77.9 Å². The number of piperazine rings is 2. The van der Waals surface area contributed by atoms with Crippen LogP contribution in [0, 0.1) is 0 Å². The normalized spacial score (nSPS) is 15.7. The highest BCUT2D eigenvalue weighted by Gasteiger charge is 2.30. The molecule has 448 valence electrons. The number of ether oxygens (including phenoxy) is 2. The van der Waals surface area contributed by atoms with Crippen LogP contribution in [0.25, 0.3) is 22.1 Å². The summed E-state index contributed by atoms with van der Waals surface area (Å²) in [7, 11) is 7.07. The van der Waals surface area contributed by atoms with E-state index < -0.39 is 11.2 Å². The second-order valence-corrected chi connectivity index (χ2v) is 23.2. The number of rotatable bonds is 8. The monoisotopic (exact) mass is 1150 g/mol. The summed E-state index contributed by atoms with van der Waals surface area (Å²) >= 11 is 5.92. The van der Waals surface area contributed by atoms with E-state index >= 15 is 0 Å². The minimum absolute atomic E-state index is 0. The van der Waals surface area contributed by atoms with Gasteiger partial charge in [-0.05, 0) is 115 Å². The van der Waals surface area contributed by atoms with Crippen molar-refractivity contribution >= 4 is 86.6 Å². The lowest BCUT2D eigenvalue weighted by Gasteiger charge is -2.36. The highest BCUT2D eigenvalue weighted by molar-refractivity contribution is 6.28. The number of hydrogen-bond acceptors (Lipinski definition) is 16. The first-order chi connectivity index (χ1) is 37.5. The maximum atomic E-state index is 12.9. The zero-order valence-electron chi connectivity index (χ0n) is 47.4. The van der Waals surface area contributed by atoms with Crippen molar-refractivity contribution in [1.29, 1.82) is 0 Å². The molecule has 2 saturated heterocycles. The molecule has 0 unspecified atom stereocenters. The summed E-state index contributed by atoms with van der Waals surface area (Å²) < 4.78 is 15.0. The molecule has 10 rings (SSSR count). The summed E-state index contributed by atoms with van der Waals surface area (Å²) in [5, 5.41) is 5.16.